The van der Waals surface area contributed by atoms with Crippen LogP contribution in [0.4, 0.5) is 5.69 Å². The van der Waals surface area contributed by atoms with Crippen LogP contribution >= 0.6 is 0 Å². The Morgan fingerprint density at radius 1 is 1.28 bits per heavy atom. The van der Waals surface area contributed by atoms with E-state index >= 15 is 0 Å². The van der Waals surface area contributed by atoms with Gasteiger partial charge in [0, 0.05) is 7.05 Å². The van der Waals surface area contributed by atoms with Crippen LogP contribution in [0.5, 0.6) is 0 Å². The van der Waals surface area contributed by atoms with E-state index in [1.165, 1.54) is 11.3 Å². The van der Waals surface area contributed by atoms with Crippen molar-refractivity contribution in [2.24, 2.45) is 5.10 Å². The van der Waals surface area contributed by atoms with Crippen LogP contribution in [-0.4, -0.2) is 12.8 Å². The first-order valence-electron chi connectivity index (χ1n) is 6.65. The van der Waals surface area contributed by atoms with Gasteiger partial charge in [0.2, 0.25) is 0 Å². The van der Waals surface area contributed by atoms with Crippen LogP contribution in [0.2, 0.25) is 0 Å². The predicted molar refractivity (Wildman–Crippen MR) is 81.4 cm³/mol. The molecule has 0 saturated heterocycles. The molecule has 0 atom stereocenters. The molecule has 2 nitrogen and oxygen atoms in total. The van der Waals surface area contributed by atoms with Crippen LogP contribution < -0.4 is 5.01 Å². The van der Waals surface area contributed by atoms with Crippen LogP contribution in [0.15, 0.2) is 41.5 Å². The average molecular weight is 244 g/mol. The molecule has 2 heteroatoms. The standard InChI is InChI=1S/C16H24N2/c1-6-10-15-11-8-9-12-16(15)18(5)17-14(4)13(3)7-2/h8-9,11-12H,3,6-7,10H2,1-2,4-5H3. The van der Waals surface area contributed by atoms with Gasteiger partial charge < -0.3 is 0 Å². The van der Waals surface area contributed by atoms with Gasteiger partial charge in [-0.2, -0.15) is 5.10 Å². The van der Waals surface area contributed by atoms with Crippen LogP contribution in [-0.2, 0) is 6.42 Å². The third-order valence-electron chi connectivity index (χ3n) is 3.10. The molecule has 0 unspecified atom stereocenters. The summed E-state index contributed by atoms with van der Waals surface area (Å²) < 4.78 is 0. The molecular weight excluding hydrogens is 220 g/mol. The van der Waals surface area contributed by atoms with Crippen molar-refractivity contribution in [1.29, 1.82) is 0 Å². The highest BCUT2D eigenvalue weighted by molar-refractivity contribution is 5.98. The summed E-state index contributed by atoms with van der Waals surface area (Å²) in [5, 5.41) is 6.57. The van der Waals surface area contributed by atoms with E-state index in [2.05, 4.69) is 49.8 Å². The van der Waals surface area contributed by atoms with Crippen LogP contribution in [0.3, 0.4) is 0 Å². The molecule has 0 saturated carbocycles. The van der Waals surface area contributed by atoms with Crippen molar-refractivity contribution in [2.45, 2.75) is 40.0 Å². The lowest BCUT2D eigenvalue weighted by molar-refractivity contribution is 0.901. The van der Waals surface area contributed by atoms with Gasteiger partial charge in [-0.15, -0.1) is 0 Å². The van der Waals surface area contributed by atoms with Gasteiger partial charge >= 0.3 is 0 Å². The Hall–Kier alpha value is -1.57. The molecule has 0 fully saturated rings. The number of anilines is 1. The summed E-state index contributed by atoms with van der Waals surface area (Å²) in [6, 6.07) is 8.44. The van der Waals surface area contributed by atoms with Crippen LogP contribution in [0, 0.1) is 0 Å². The highest BCUT2D eigenvalue weighted by Gasteiger charge is 2.06. The lowest BCUT2D eigenvalue weighted by atomic mass is 10.1. The van der Waals surface area contributed by atoms with E-state index < -0.39 is 0 Å². The Bertz CT molecular complexity index is 432. The zero-order valence-electron chi connectivity index (χ0n) is 12.0. The summed E-state index contributed by atoms with van der Waals surface area (Å²) in [6.07, 6.45) is 3.18. The van der Waals surface area contributed by atoms with Gasteiger partial charge in [-0.3, -0.25) is 5.01 Å². The fraction of sp³-hybridized carbons (Fsp3) is 0.438. The van der Waals surface area contributed by atoms with Crippen molar-refractivity contribution in [2.75, 3.05) is 12.1 Å². The first-order chi connectivity index (χ1) is 8.60. The topological polar surface area (TPSA) is 15.6 Å². The smallest absolute Gasteiger partial charge is 0.0622 e. The second kappa shape index (κ2) is 7.00. The number of aryl methyl sites for hydroxylation is 1. The molecule has 1 aromatic rings. The van der Waals surface area contributed by atoms with Gasteiger partial charge in [0.05, 0.1) is 11.4 Å². The minimum Gasteiger partial charge on any atom is -0.268 e. The van der Waals surface area contributed by atoms with E-state index in [4.69, 9.17) is 0 Å². The normalized spacial score (nSPS) is 11.4. The fourth-order valence-electron chi connectivity index (χ4n) is 1.91. The van der Waals surface area contributed by atoms with E-state index in [0.29, 0.717) is 0 Å². The molecule has 0 aromatic heterocycles. The van der Waals surface area contributed by atoms with Crippen LogP contribution in [0.1, 0.15) is 39.2 Å². The van der Waals surface area contributed by atoms with Crippen molar-refractivity contribution in [3.63, 3.8) is 0 Å². The third-order valence-corrected chi connectivity index (χ3v) is 3.10. The summed E-state index contributed by atoms with van der Waals surface area (Å²) in [6.45, 7) is 10.3. The number of hydrogen-bond acceptors (Lipinski definition) is 2. The molecule has 18 heavy (non-hydrogen) atoms. The SMILES string of the molecule is C=C(CC)C(C)=NN(C)c1ccccc1CCC. The van der Waals surface area contributed by atoms with Gasteiger partial charge in [-0.25, -0.2) is 0 Å². The second-order valence-electron chi connectivity index (χ2n) is 4.54. The van der Waals surface area contributed by atoms with Gasteiger partial charge in [0.25, 0.3) is 0 Å². The number of nitrogens with zero attached hydrogens (tertiary/aromatic N) is 2. The van der Waals surface area contributed by atoms with E-state index in [0.717, 1.165) is 30.5 Å². The number of benzene rings is 1. The van der Waals surface area contributed by atoms with E-state index in [-0.39, 0.29) is 0 Å². The molecule has 1 rings (SSSR count). The highest BCUT2D eigenvalue weighted by Crippen LogP contribution is 2.21. The quantitative estimate of drug-likeness (QED) is 0.534. The average Bonchev–Trinajstić information content (AvgIpc) is 2.38. The highest BCUT2D eigenvalue weighted by atomic mass is 15.4. The zero-order chi connectivity index (χ0) is 13.5. The molecule has 0 aliphatic heterocycles. The maximum Gasteiger partial charge on any atom is 0.0622 e. The van der Waals surface area contributed by atoms with E-state index in [9.17, 15) is 0 Å². The summed E-state index contributed by atoms with van der Waals surface area (Å²) in [5.74, 6) is 0. The molecule has 0 amide bonds. The summed E-state index contributed by atoms with van der Waals surface area (Å²) in [5.41, 5.74) is 4.63. The molecule has 0 aliphatic rings. The maximum absolute atomic E-state index is 4.61. The lowest BCUT2D eigenvalue weighted by Gasteiger charge is -2.18. The molecule has 0 aliphatic carbocycles. The summed E-state index contributed by atoms with van der Waals surface area (Å²) in [7, 11) is 2.00. The Balaban J connectivity index is 2.96. The first kappa shape index (κ1) is 14.5. The summed E-state index contributed by atoms with van der Waals surface area (Å²) in [4.78, 5) is 0. The first-order valence-corrected chi connectivity index (χ1v) is 6.65. The minimum absolute atomic E-state index is 0.944. The summed E-state index contributed by atoms with van der Waals surface area (Å²) >= 11 is 0. The van der Waals surface area contributed by atoms with Gasteiger partial charge in [-0.1, -0.05) is 45.0 Å². The van der Waals surface area contributed by atoms with Crippen molar-refractivity contribution < 1.29 is 0 Å². The molecule has 0 heterocycles. The van der Waals surface area contributed by atoms with E-state index in [1.54, 1.807) is 0 Å². The van der Waals surface area contributed by atoms with Gasteiger partial charge in [0.1, 0.15) is 0 Å². The lowest BCUT2D eigenvalue weighted by Crippen LogP contribution is -2.14. The number of hydrazone groups is 1. The third kappa shape index (κ3) is 3.73. The Morgan fingerprint density at radius 3 is 2.56 bits per heavy atom. The zero-order valence-corrected chi connectivity index (χ0v) is 12.0. The Morgan fingerprint density at radius 2 is 1.94 bits per heavy atom. The van der Waals surface area contributed by atoms with Crippen molar-refractivity contribution in [3.8, 4) is 0 Å². The van der Waals surface area contributed by atoms with Gasteiger partial charge in [-0.05, 0) is 37.0 Å². The van der Waals surface area contributed by atoms with Crippen molar-refractivity contribution in [1.82, 2.24) is 0 Å². The molecule has 0 radical (unpaired) electrons. The Kier molecular flexibility index (Phi) is 5.63. The Labute approximate surface area is 111 Å². The van der Waals surface area contributed by atoms with E-state index in [1.807, 2.05) is 19.0 Å². The monoisotopic (exact) mass is 244 g/mol. The number of rotatable bonds is 6. The molecule has 98 valence electrons. The number of hydrogen-bond donors (Lipinski definition) is 0. The van der Waals surface area contributed by atoms with Crippen LogP contribution in [0.25, 0.3) is 0 Å². The molecule has 0 bridgehead atoms. The molecule has 0 spiro atoms. The predicted octanol–water partition coefficient (Wildman–Crippen LogP) is 4.42. The minimum atomic E-state index is 0.944. The fourth-order valence-corrected chi connectivity index (χ4v) is 1.91. The van der Waals surface area contributed by atoms with Crippen molar-refractivity contribution >= 4 is 11.4 Å². The molecule has 0 N–H and O–H groups in total. The molecule has 1 aromatic carbocycles. The van der Waals surface area contributed by atoms with Gasteiger partial charge in [0.15, 0.2) is 0 Å². The number of para-hydroxylation sites is 1. The largest absolute Gasteiger partial charge is 0.268 e. The number of allylic oxidation sites excluding steroid dienone is 1. The second-order valence-corrected chi connectivity index (χ2v) is 4.54. The maximum atomic E-state index is 4.61. The van der Waals surface area contributed by atoms with Crippen molar-refractivity contribution in [3.05, 3.63) is 42.0 Å². The molecular formula is C16H24N2.